The van der Waals surface area contributed by atoms with Gasteiger partial charge in [-0.05, 0) is 36.2 Å². The summed E-state index contributed by atoms with van der Waals surface area (Å²) in [4.78, 5) is 0. The first-order valence-corrected chi connectivity index (χ1v) is 7.40. The maximum atomic E-state index is 5.20. The van der Waals surface area contributed by atoms with Gasteiger partial charge in [-0.1, -0.05) is 44.2 Å². The summed E-state index contributed by atoms with van der Waals surface area (Å²) >= 11 is 0. The Morgan fingerprint density at radius 1 is 1.26 bits per heavy atom. The molecule has 1 aromatic carbocycles. The summed E-state index contributed by atoms with van der Waals surface area (Å²) in [5.74, 6) is 0.834. The van der Waals surface area contributed by atoms with Crippen LogP contribution >= 0.6 is 0 Å². The van der Waals surface area contributed by atoms with Gasteiger partial charge in [0.2, 0.25) is 0 Å². The minimum Gasteiger partial charge on any atom is -0.385 e. The fourth-order valence-corrected chi connectivity index (χ4v) is 2.50. The standard InChI is InChI=1S/C17H27NO/c1-17(2,11-12-19-3)13-18-16(15-9-10-15)14-7-5-4-6-8-14/h4-8,15-16,18H,9-13H2,1-3H3. The van der Waals surface area contributed by atoms with Crippen LogP contribution in [0.4, 0.5) is 0 Å². The van der Waals surface area contributed by atoms with Gasteiger partial charge in [-0.25, -0.2) is 0 Å². The lowest BCUT2D eigenvalue weighted by molar-refractivity contribution is 0.148. The number of hydrogen-bond donors (Lipinski definition) is 1. The van der Waals surface area contributed by atoms with Crippen LogP contribution in [0.5, 0.6) is 0 Å². The number of rotatable bonds is 8. The first-order chi connectivity index (χ1) is 9.12. The first-order valence-electron chi connectivity index (χ1n) is 7.40. The van der Waals surface area contributed by atoms with E-state index in [-0.39, 0.29) is 5.41 Å². The van der Waals surface area contributed by atoms with Crippen molar-refractivity contribution < 1.29 is 4.74 Å². The zero-order chi connectivity index (χ0) is 13.7. The van der Waals surface area contributed by atoms with Gasteiger partial charge in [0.05, 0.1) is 0 Å². The van der Waals surface area contributed by atoms with Crippen molar-refractivity contribution in [2.45, 2.75) is 39.2 Å². The third-order valence-electron chi connectivity index (χ3n) is 4.04. The molecule has 0 amide bonds. The van der Waals surface area contributed by atoms with Crippen molar-refractivity contribution >= 4 is 0 Å². The molecule has 1 aliphatic rings. The van der Waals surface area contributed by atoms with Crippen LogP contribution in [0.3, 0.4) is 0 Å². The molecule has 0 aromatic heterocycles. The monoisotopic (exact) mass is 261 g/mol. The number of benzene rings is 1. The second-order valence-corrected chi connectivity index (χ2v) is 6.51. The zero-order valence-electron chi connectivity index (χ0n) is 12.5. The summed E-state index contributed by atoms with van der Waals surface area (Å²) in [6, 6.07) is 11.4. The smallest absolute Gasteiger partial charge is 0.0467 e. The van der Waals surface area contributed by atoms with Gasteiger partial charge in [-0.3, -0.25) is 0 Å². The van der Waals surface area contributed by atoms with Crippen LogP contribution in [0.2, 0.25) is 0 Å². The van der Waals surface area contributed by atoms with Gasteiger partial charge in [0.25, 0.3) is 0 Å². The molecule has 1 saturated carbocycles. The van der Waals surface area contributed by atoms with E-state index in [4.69, 9.17) is 4.74 Å². The van der Waals surface area contributed by atoms with Crippen LogP contribution in [0.15, 0.2) is 30.3 Å². The Kier molecular flexibility index (Phi) is 5.00. The van der Waals surface area contributed by atoms with Gasteiger partial charge in [0, 0.05) is 26.3 Å². The highest BCUT2D eigenvalue weighted by Gasteiger charge is 2.33. The molecule has 106 valence electrons. The highest BCUT2D eigenvalue weighted by Crippen LogP contribution is 2.41. The molecule has 2 heteroatoms. The van der Waals surface area contributed by atoms with Gasteiger partial charge in [0.15, 0.2) is 0 Å². The lowest BCUT2D eigenvalue weighted by Crippen LogP contribution is -2.34. The third-order valence-corrected chi connectivity index (χ3v) is 4.04. The largest absolute Gasteiger partial charge is 0.385 e. The molecule has 1 aliphatic carbocycles. The molecule has 1 aromatic rings. The predicted octanol–water partition coefficient (Wildman–Crippen LogP) is 3.79. The Hall–Kier alpha value is -0.860. The summed E-state index contributed by atoms with van der Waals surface area (Å²) in [6.45, 7) is 6.52. The Morgan fingerprint density at radius 2 is 1.95 bits per heavy atom. The van der Waals surface area contributed by atoms with Crippen LogP contribution < -0.4 is 5.32 Å². The number of nitrogens with one attached hydrogen (secondary N) is 1. The van der Waals surface area contributed by atoms with E-state index in [1.165, 1.54) is 18.4 Å². The lowest BCUT2D eigenvalue weighted by atomic mass is 9.88. The van der Waals surface area contributed by atoms with Crippen LogP contribution in [-0.2, 0) is 4.74 Å². The van der Waals surface area contributed by atoms with Crippen molar-refractivity contribution in [1.29, 1.82) is 0 Å². The molecule has 0 saturated heterocycles. The van der Waals surface area contributed by atoms with Crippen molar-refractivity contribution in [1.82, 2.24) is 5.32 Å². The van der Waals surface area contributed by atoms with E-state index in [9.17, 15) is 0 Å². The van der Waals surface area contributed by atoms with Crippen LogP contribution in [0.1, 0.15) is 44.7 Å². The molecule has 1 unspecified atom stereocenters. The second-order valence-electron chi connectivity index (χ2n) is 6.51. The number of methoxy groups -OCH3 is 1. The molecule has 0 spiro atoms. The van der Waals surface area contributed by atoms with E-state index in [0.717, 1.165) is 25.5 Å². The Morgan fingerprint density at radius 3 is 2.53 bits per heavy atom. The third kappa shape index (κ3) is 4.63. The summed E-state index contributed by atoms with van der Waals surface area (Å²) in [5.41, 5.74) is 1.73. The number of ether oxygens (including phenoxy) is 1. The van der Waals surface area contributed by atoms with Gasteiger partial charge in [0.1, 0.15) is 0 Å². The van der Waals surface area contributed by atoms with E-state index in [1.54, 1.807) is 7.11 Å². The van der Waals surface area contributed by atoms with Crippen molar-refractivity contribution in [3.05, 3.63) is 35.9 Å². The molecular weight excluding hydrogens is 234 g/mol. The summed E-state index contributed by atoms with van der Waals surface area (Å²) in [7, 11) is 1.78. The van der Waals surface area contributed by atoms with Crippen molar-refractivity contribution in [2.24, 2.45) is 11.3 Å². The van der Waals surface area contributed by atoms with Gasteiger partial charge < -0.3 is 10.1 Å². The van der Waals surface area contributed by atoms with E-state index >= 15 is 0 Å². The molecule has 1 atom stereocenters. The van der Waals surface area contributed by atoms with Crippen molar-refractivity contribution in [3.8, 4) is 0 Å². The van der Waals surface area contributed by atoms with Crippen LogP contribution in [0.25, 0.3) is 0 Å². The molecule has 0 heterocycles. The van der Waals surface area contributed by atoms with Crippen molar-refractivity contribution in [3.63, 3.8) is 0 Å². The van der Waals surface area contributed by atoms with E-state index < -0.39 is 0 Å². The molecule has 0 aliphatic heterocycles. The second kappa shape index (κ2) is 6.53. The highest BCUT2D eigenvalue weighted by atomic mass is 16.5. The molecule has 19 heavy (non-hydrogen) atoms. The molecule has 2 nitrogen and oxygen atoms in total. The molecule has 2 rings (SSSR count). The van der Waals surface area contributed by atoms with Crippen molar-refractivity contribution in [2.75, 3.05) is 20.3 Å². The summed E-state index contributed by atoms with van der Waals surface area (Å²) in [5, 5.41) is 3.79. The molecular formula is C17H27NO. The fourth-order valence-electron chi connectivity index (χ4n) is 2.50. The predicted molar refractivity (Wildman–Crippen MR) is 80.2 cm³/mol. The van der Waals surface area contributed by atoms with Crippen LogP contribution in [-0.4, -0.2) is 20.3 Å². The molecule has 1 fully saturated rings. The minimum atomic E-state index is 0.290. The van der Waals surface area contributed by atoms with Gasteiger partial charge in [-0.15, -0.1) is 0 Å². The summed E-state index contributed by atoms with van der Waals surface area (Å²) < 4.78 is 5.20. The SMILES string of the molecule is COCCC(C)(C)CNC(c1ccccc1)C1CC1. The van der Waals surface area contributed by atoms with Gasteiger partial charge in [-0.2, -0.15) is 0 Å². The lowest BCUT2D eigenvalue weighted by Gasteiger charge is -2.28. The van der Waals surface area contributed by atoms with E-state index in [0.29, 0.717) is 6.04 Å². The Bertz CT molecular complexity index is 370. The average Bonchev–Trinajstić information content (AvgIpc) is 3.22. The topological polar surface area (TPSA) is 21.3 Å². The normalized spacial score (nSPS) is 17.4. The quantitative estimate of drug-likeness (QED) is 0.768. The summed E-state index contributed by atoms with van der Waals surface area (Å²) in [6.07, 6.45) is 3.83. The van der Waals surface area contributed by atoms with E-state index in [2.05, 4.69) is 49.5 Å². The average molecular weight is 261 g/mol. The highest BCUT2D eigenvalue weighted by molar-refractivity contribution is 5.21. The maximum absolute atomic E-state index is 5.20. The molecule has 1 N–H and O–H groups in total. The Balaban J connectivity index is 1.91. The molecule has 0 radical (unpaired) electrons. The van der Waals surface area contributed by atoms with Gasteiger partial charge >= 0.3 is 0 Å². The number of hydrogen-bond acceptors (Lipinski definition) is 2. The fraction of sp³-hybridized carbons (Fsp3) is 0.647. The zero-order valence-corrected chi connectivity index (χ0v) is 12.5. The molecule has 0 bridgehead atoms. The maximum Gasteiger partial charge on any atom is 0.0467 e. The van der Waals surface area contributed by atoms with E-state index in [1.807, 2.05) is 0 Å². The van der Waals surface area contributed by atoms with Crippen LogP contribution in [0, 0.1) is 11.3 Å². The Labute approximate surface area is 117 Å². The first kappa shape index (κ1) is 14.5. The minimum absolute atomic E-state index is 0.290.